The van der Waals surface area contributed by atoms with Gasteiger partial charge in [-0.3, -0.25) is 19.8 Å². The van der Waals surface area contributed by atoms with Gasteiger partial charge in [-0.15, -0.1) is 0 Å². The summed E-state index contributed by atoms with van der Waals surface area (Å²) in [6.45, 7) is 5.65. The van der Waals surface area contributed by atoms with Crippen LogP contribution >= 0.6 is 0 Å². The summed E-state index contributed by atoms with van der Waals surface area (Å²) in [5.74, 6) is -0.623. The Kier molecular flexibility index (Phi) is 5.31. The van der Waals surface area contributed by atoms with E-state index in [1.54, 1.807) is 45.0 Å². The molecule has 0 atom stereocenters. The Morgan fingerprint density at radius 1 is 0.964 bits per heavy atom. The molecular formula is C22H22N2O4. The molecule has 1 heterocycles. The third kappa shape index (κ3) is 4.28. The van der Waals surface area contributed by atoms with E-state index in [-0.39, 0.29) is 5.57 Å². The van der Waals surface area contributed by atoms with Crippen LogP contribution < -0.4 is 10.1 Å². The third-order valence-electron chi connectivity index (χ3n) is 4.21. The van der Waals surface area contributed by atoms with Gasteiger partial charge in [0.15, 0.2) is 0 Å². The van der Waals surface area contributed by atoms with E-state index >= 15 is 0 Å². The van der Waals surface area contributed by atoms with Crippen molar-refractivity contribution in [3.8, 4) is 5.75 Å². The number of nitrogens with one attached hydrogen (secondary N) is 1. The van der Waals surface area contributed by atoms with Gasteiger partial charge < -0.3 is 4.74 Å². The summed E-state index contributed by atoms with van der Waals surface area (Å²) in [6.07, 6.45) is 1.48. The molecule has 144 valence electrons. The lowest BCUT2D eigenvalue weighted by Crippen LogP contribution is -2.60. The number of benzene rings is 2. The van der Waals surface area contributed by atoms with Crippen LogP contribution in [0.2, 0.25) is 0 Å². The zero-order chi connectivity index (χ0) is 20.3. The van der Waals surface area contributed by atoms with Gasteiger partial charge in [-0.05, 0) is 50.1 Å². The van der Waals surface area contributed by atoms with E-state index in [0.717, 1.165) is 10.5 Å². The normalized spacial score (nSPS) is 16.3. The SMILES string of the molecule is CC(C)(C)N1C(=O)NC(=O)C(=Cc2ccc(OCc3ccccc3)cc2)C1=O. The van der Waals surface area contributed by atoms with Crippen molar-refractivity contribution in [1.82, 2.24) is 10.2 Å². The monoisotopic (exact) mass is 378 g/mol. The predicted octanol–water partition coefficient (Wildman–Crippen LogP) is 3.53. The second kappa shape index (κ2) is 7.68. The Labute approximate surface area is 163 Å². The quantitative estimate of drug-likeness (QED) is 0.652. The first-order valence-corrected chi connectivity index (χ1v) is 8.94. The summed E-state index contributed by atoms with van der Waals surface area (Å²) < 4.78 is 5.74. The lowest BCUT2D eigenvalue weighted by Gasteiger charge is -2.36. The molecule has 28 heavy (non-hydrogen) atoms. The summed E-state index contributed by atoms with van der Waals surface area (Å²) in [7, 11) is 0. The van der Waals surface area contributed by atoms with Crippen LogP contribution in [0.25, 0.3) is 6.08 Å². The Bertz CT molecular complexity index is 925. The number of carbonyl (C=O) groups excluding carboxylic acids is 3. The summed E-state index contributed by atoms with van der Waals surface area (Å²) in [5.41, 5.74) is 0.905. The molecule has 0 aliphatic carbocycles. The average molecular weight is 378 g/mol. The molecule has 1 aliphatic rings. The minimum absolute atomic E-state index is 0.0764. The third-order valence-corrected chi connectivity index (χ3v) is 4.21. The molecular weight excluding hydrogens is 356 g/mol. The maximum absolute atomic E-state index is 12.7. The van der Waals surface area contributed by atoms with Crippen molar-refractivity contribution in [2.45, 2.75) is 32.9 Å². The van der Waals surface area contributed by atoms with Gasteiger partial charge in [0.2, 0.25) is 0 Å². The number of rotatable bonds is 4. The van der Waals surface area contributed by atoms with Crippen LogP contribution in [-0.4, -0.2) is 28.3 Å². The molecule has 0 aromatic heterocycles. The molecule has 0 radical (unpaired) electrons. The van der Waals surface area contributed by atoms with Crippen LogP contribution in [0.4, 0.5) is 4.79 Å². The van der Waals surface area contributed by atoms with E-state index in [1.165, 1.54) is 6.08 Å². The Hall–Kier alpha value is -3.41. The first kappa shape index (κ1) is 19.4. The van der Waals surface area contributed by atoms with Gasteiger partial charge in [0.05, 0.1) is 0 Å². The summed E-state index contributed by atoms with van der Waals surface area (Å²) >= 11 is 0. The number of nitrogens with zero attached hydrogens (tertiary/aromatic N) is 1. The van der Waals surface area contributed by atoms with Crippen molar-refractivity contribution in [2.75, 3.05) is 0 Å². The van der Waals surface area contributed by atoms with Crippen LogP contribution in [0.1, 0.15) is 31.9 Å². The molecule has 0 bridgehead atoms. The van der Waals surface area contributed by atoms with Crippen LogP contribution in [0.3, 0.4) is 0 Å². The standard InChI is InChI=1S/C22H22N2O4/c1-22(2,3)24-20(26)18(19(25)23-21(24)27)13-15-9-11-17(12-10-15)28-14-16-7-5-4-6-8-16/h4-13H,14H2,1-3H3,(H,23,25,27). The number of imide groups is 2. The largest absolute Gasteiger partial charge is 0.489 e. The number of barbiturate groups is 1. The van der Waals surface area contributed by atoms with Gasteiger partial charge in [-0.2, -0.15) is 0 Å². The van der Waals surface area contributed by atoms with Crippen molar-refractivity contribution >= 4 is 23.9 Å². The van der Waals surface area contributed by atoms with E-state index in [0.29, 0.717) is 17.9 Å². The number of amides is 4. The molecule has 0 saturated carbocycles. The van der Waals surface area contributed by atoms with Crippen molar-refractivity contribution in [2.24, 2.45) is 0 Å². The Balaban J connectivity index is 1.76. The predicted molar refractivity (Wildman–Crippen MR) is 105 cm³/mol. The zero-order valence-corrected chi connectivity index (χ0v) is 16.1. The second-order valence-corrected chi connectivity index (χ2v) is 7.47. The number of urea groups is 1. The van der Waals surface area contributed by atoms with Crippen LogP contribution in [0.5, 0.6) is 5.75 Å². The molecule has 1 N–H and O–H groups in total. The van der Waals surface area contributed by atoms with Gasteiger partial charge in [0.1, 0.15) is 17.9 Å². The van der Waals surface area contributed by atoms with E-state index in [9.17, 15) is 14.4 Å². The highest BCUT2D eigenvalue weighted by molar-refractivity contribution is 6.31. The smallest absolute Gasteiger partial charge is 0.331 e. The summed E-state index contributed by atoms with van der Waals surface area (Å²) in [4.78, 5) is 37.9. The van der Waals surface area contributed by atoms with E-state index in [2.05, 4.69) is 5.32 Å². The van der Waals surface area contributed by atoms with Crippen LogP contribution in [0.15, 0.2) is 60.2 Å². The second-order valence-electron chi connectivity index (χ2n) is 7.47. The zero-order valence-electron chi connectivity index (χ0n) is 16.1. The fourth-order valence-corrected chi connectivity index (χ4v) is 2.83. The minimum atomic E-state index is -0.740. The summed E-state index contributed by atoms with van der Waals surface area (Å²) in [5, 5.41) is 2.22. The molecule has 6 heteroatoms. The van der Waals surface area contributed by atoms with Crippen molar-refractivity contribution in [3.63, 3.8) is 0 Å². The van der Waals surface area contributed by atoms with E-state index < -0.39 is 23.4 Å². The topological polar surface area (TPSA) is 75.7 Å². The highest BCUT2D eigenvalue weighted by Crippen LogP contribution is 2.23. The maximum Gasteiger partial charge on any atom is 0.331 e. The van der Waals surface area contributed by atoms with Gasteiger partial charge >= 0.3 is 6.03 Å². The maximum atomic E-state index is 12.7. The van der Waals surface area contributed by atoms with Gasteiger partial charge in [-0.1, -0.05) is 42.5 Å². The van der Waals surface area contributed by atoms with Gasteiger partial charge in [0.25, 0.3) is 11.8 Å². The number of ether oxygens (including phenoxy) is 1. The number of hydrogen-bond donors (Lipinski definition) is 1. The van der Waals surface area contributed by atoms with Gasteiger partial charge in [-0.25, -0.2) is 4.79 Å². The fourth-order valence-electron chi connectivity index (χ4n) is 2.83. The van der Waals surface area contributed by atoms with Gasteiger partial charge in [0, 0.05) is 5.54 Å². The highest BCUT2D eigenvalue weighted by Gasteiger charge is 2.41. The number of carbonyl (C=O) groups is 3. The first-order valence-electron chi connectivity index (χ1n) is 8.94. The molecule has 4 amide bonds. The first-order chi connectivity index (χ1) is 13.3. The van der Waals surface area contributed by atoms with Crippen molar-refractivity contribution < 1.29 is 19.1 Å². The molecule has 1 fully saturated rings. The molecule has 1 saturated heterocycles. The van der Waals surface area contributed by atoms with E-state index in [4.69, 9.17) is 4.74 Å². The van der Waals surface area contributed by atoms with Crippen molar-refractivity contribution in [3.05, 3.63) is 71.3 Å². The molecule has 1 aliphatic heterocycles. The summed E-state index contributed by atoms with van der Waals surface area (Å²) in [6, 6.07) is 16.2. The lowest BCUT2D eigenvalue weighted by molar-refractivity contribution is -0.133. The van der Waals surface area contributed by atoms with Crippen LogP contribution in [-0.2, 0) is 16.2 Å². The average Bonchev–Trinajstić information content (AvgIpc) is 2.64. The lowest BCUT2D eigenvalue weighted by atomic mass is 10.0. The number of hydrogen-bond acceptors (Lipinski definition) is 4. The minimum Gasteiger partial charge on any atom is -0.489 e. The van der Waals surface area contributed by atoms with Crippen molar-refractivity contribution in [1.29, 1.82) is 0 Å². The Morgan fingerprint density at radius 3 is 2.21 bits per heavy atom. The van der Waals surface area contributed by atoms with Crippen LogP contribution in [0, 0.1) is 0 Å². The fraction of sp³-hybridized carbons (Fsp3) is 0.227. The molecule has 2 aromatic carbocycles. The van der Waals surface area contributed by atoms with E-state index in [1.807, 2.05) is 30.3 Å². The molecule has 6 nitrogen and oxygen atoms in total. The Morgan fingerprint density at radius 2 is 1.61 bits per heavy atom. The molecule has 0 spiro atoms. The highest BCUT2D eigenvalue weighted by atomic mass is 16.5. The molecule has 3 rings (SSSR count). The molecule has 2 aromatic rings. The molecule has 0 unspecified atom stereocenters.